The molecule has 4 nitrogen and oxygen atoms in total. The molecule has 0 spiro atoms. The van der Waals surface area contributed by atoms with Crippen molar-refractivity contribution in [1.82, 2.24) is 5.32 Å². The zero-order valence-electron chi connectivity index (χ0n) is 13.2. The van der Waals surface area contributed by atoms with Gasteiger partial charge in [-0.15, -0.1) is 0 Å². The lowest BCUT2D eigenvalue weighted by Crippen LogP contribution is -2.31. The summed E-state index contributed by atoms with van der Waals surface area (Å²) < 4.78 is 21.0. The van der Waals surface area contributed by atoms with Crippen LogP contribution < -0.4 is 15.4 Å². The summed E-state index contributed by atoms with van der Waals surface area (Å²) in [4.78, 5) is 12.3. The van der Waals surface area contributed by atoms with Crippen LogP contribution >= 0.6 is 15.9 Å². The summed E-state index contributed by atoms with van der Waals surface area (Å²) in [7, 11) is 0. The van der Waals surface area contributed by atoms with Crippen molar-refractivity contribution < 1.29 is 13.9 Å². The second kappa shape index (κ2) is 7.32. The van der Waals surface area contributed by atoms with E-state index in [9.17, 15) is 9.18 Å². The maximum absolute atomic E-state index is 14.6. The SMILES string of the molecule is CC(Oc1cccc(Br)c1)C(=O)Nc1ccc2c(c1F)CCNC2. The maximum Gasteiger partial charge on any atom is 0.265 e. The van der Waals surface area contributed by atoms with Gasteiger partial charge in [-0.2, -0.15) is 0 Å². The molecule has 0 fully saturated rings. The minimum absolute atomic E-state index is 0.199. The number of ether oxygens (including phenoxy) is 1. The third-order valence-electron chi connectivity index (χ3n) is 3.94. The van der Waals surface area contributed by atoms with Crippen LogP contribution in [0.2, 0.25) is 0 Å². The molecular weight excluding hydrogens is 375 g/mol. The Labute approximate surface area is 148 Å². The van der Waals surface area contributed by atoms with E-state index in [4.69, 9.17) is 4.74 Å². The van der Waals surface area contributed by atoms with Crippen LogP contribution in [-0.4, -0.2) is 18.6 Å². The average molecular weight is 393 g/mol. The summed E-state index contributed by atoms with van der Waals surface area (Å²) in [5.74, 6) is -0.163. The van der Waals surface area contributed by atoms with Crippen molar-refractivity contribution in [3.63, 3.8) is 0 Å². The Morgan fingerprint density at radius 2 is 2.21 bits per heavy atom. The molecule has 2 aromatic carbocycles. The number of anilines is 1. The van der Waals surface area contributed by atoms with Crippen molar-refractivity contribution >= 4 is 27.5 Å². The van der Waals surface area contributed by atoms with E-state index in [0.717, 1.165) is 16.6 Å². The maximum atomic E-state index is 14.6. The number of hydrogen-bond acceptors (Lipinski definition) is 3. The lowest BCUT2D eigenvalue weighted by Gasteiger charge is -2.20. The van der Waals surface area contributed by atoms with Gasteiger partial charge in [0.2, 0.25) is 0 Å². The zero-order chi connectivity index (χ0) is 17.1. The van der Waals surface area contributed by atoms with Crippen molar-refractivity contribution in [2.45, 2.75) is 26.0 Å². The molecule has 2 N–H and O–H groups in total. The van der Waals surface area contributed by atoms with E-state index in [1.54, 1.807) is 25.1 Å². The molecule has 0 saturated carbocycles. The molecule has 1 aliphatic rings. The van der Waals surface area contributed by atoms with Gasteiger partial charge in [-0.1, -0.05) is 28.1 Å². The van der Waals surface area contributed by atoms with Gasteiger partial charge in [-0.25, -0.2) is 4.39 Å². The van der Waals surface area contributed by atoms with E-state index in [1.807, 2.05) is 18.2 Å². The van der Waals surface area contributed by atoms with Crippen LogP contribution in [0.15, 0.2) is 40.9 Å². The van der Waals surface area contributed by atoms with E-state index < -0.39 is 6.10 Å². The van der Waals surface area contributed by atoms with E-state index in [1.165, 1.54) is 0 Å². The van der Waals surface area contributed by atoms with Gasteiger partial charge in [0.15, 0.2) is 6.10 Å². The molecule has 3 rings (SSSR count). The minimum Gasteiger partial charge on any atom is -0.481 e. The number of benzene rings is 2. The Balaban J connectivity index is 1.70. The van der Waals surface area contributed by atoms with E-state index >= 15 is 0 Å². The Morgan fingerprint density at radius 1 is 1.38 bits per heavy atom. The average Bonchev–Trinajstić information content (AvgIpc) is 2.57. The molecule has 0 bridgehead atoms. The van der Waals surface area contributed by atoms with Crippen molar-refractivity contribution in [1.29, 1.82) is 0 Å². The van der Waals surface area contributed by atoms with Gasteiger partial charge in [0.05, 0.1) is 5.69 Å². The van der Waals surface area contributed by atoms with Gasteiger partial charge >= 0.3 is 0 Å². The minimum atomic E-state index is -0.739. The molecule has 6 heteroatoms. The van der Waals surface area contributed by atoms with Crippen LogP contribution in [0.3, 0.4) is 0 Å². The number of fused-ring (bicyclic) bond motifs is 1. The van der Waals surface area contributed by atoms with E-state index in [-0.39, 0.29) is 17.4 Å². The lowest BCUT2D eigenvalue weighted by molar-refractivity contribution is -0.122. The predicted octanol–water partition coefficient (Wildman–Crippen LogP) is 3.64. The first-order chi connectivity index (χ1) is 11.5. The van der Waals surface area contributed by atoms with Crippen LogP contribution in [-0.2, 0) is 17.8 Å². The van der Waals surface area contributed by atoms with Crippen molar-refractivity contribution in [2.24, 2.45) is 0 Å². The molecule has 0 saturated heterocycles. The molecule has 1 heterocycles. The Bertz CT molecular complexity index is 767. The highest BCUT2D eigenvalue weighted by Gasteiger charge is 2.20. The molecule has 0 aromatic heterocycles. The van der Waals surface area contributed by atoms with Crippen molar-refractivity contribution in [3.05, 3.63) is 57.8 Å². The number of nitrogens with one attached hydrogen (secondary N) is 2. The van der Waals surface area contributed by atoms with Crippen LogP contribution in [0, 0.1) is 5.82 Å². The highest BCUT2D eigenvalue weighted by molar-refractivity contribution is 9.10. The predicted molar refractivity (Wildman–Crippen MR) is 94.7 cm³/mol. The fraction of sp³-hybridized carbons (Fsp3) is 0.278. The second-order valence-corrected chi connectivity index (χ2v) is 6.61. The van der Waals surface area contributed by atoms with E-state index in [0.29, 0.717) is 24.3 Å². The van der Waals surface area contributed by atoms with Crippen molar-refractivity contribution in [2.75, 3.05) is 11.9 Å². The Kier molecular flexibility index (Phi) is 5.16. The standard InChI is InChI=1S/C18H18BrFN2O2/c1-11(24-14-4-2-3-13(19)9-14)18(23)22-16-6-5-12-10-21-8-7-15(12)17(16)20/h2-6,9,11,21H,7-8,10H2,1H3,(H,22,23). The van der Waals surface area contributed by atoms with E-state index in [2.05, 4.69) is 26.6 Å². The number of hydrogen-bond donors (Lipinski definition) is 2. The number of rotatable bonds is 4. The zero-order valence-corrected chi connectivity index (χ0v) is 14.8. The Hall–Kier alpha value is -1.92. The van der Waals surface area contributed by atoms with Gasteiger partial charge < -0.3 is 15.4 Å². The fourth-order valence-corrected chi connectivity index (χ4v) is 3.04. The van der Waals surface area contributed by atoms with Crippen LogP contribution in [0.5, 0.6) is 5.75 Å². The first kappa shape index (κ1) is 16.9. The summed E-state index contributed by atoms with van der Waals surface area (Å²) in [5, 5.41) is 5.82. The number of carbonyl (C=O) groups excluding carboxylic acids is 1. The number of halogens is 2. The highest BCUT2D eigenvalue weighted by atomic mass is 79.9. The third kappa shape index (κ3) is 3.76. The lowest BCUT2D eigenvalue weighted by atomic mass is 9.99. The molecule has 0 aliphatic carbocycles. The first-order valence-electron chi connectivity index (χ1n) is 7.78. The molecular formula is C18H18BrFN2O2. The molecule has 2 aromatic rings. The molecule has 1 atom stereocenters. The summed E-state index contributed by atoms with van der Waals surface area (Å²) in [6.45, 7) is 3.03. The molecule has 1 aliphatic heterocycles. The fourth-order valence-electron chi connectivity index (χ4n) is 2.66. The summed E-state index contributed by atoms with van der Waals surface area (Å²) in [6.07, 6.45) is -0.119. The van der Waals surface area contributed by atoms with Gasteiger partial charge in [-0.05, 0) is 55.3 Å². The van der Waals surface area contributed by atoms with Gasteiger partial charge in [0.25, 0.3) is 5.91 Å². The van der Waals surface area contributed by atoms with Crippen LogP contribution in [0.4, 0.5) is 10.1 Å². The van der Waals surface area contributed by atoms with Gasteiger partial charge in [-0.3, -0.25) is 4.79 Å². The first-order valence-corrected chi connectivity index (χ1v) is 8.58. The van der Waals surface area contributed by atoms with Crippen molar-refractivity contribution in [3.8, 4) is 5.75 Å². The number of amides is 1. The molecule has 24 heavy (non-hydrogen) atoms. The molecule has 1 amide bonds. The monoisotopic (exact) mass is 392 g/mol. The molecule has 0 radical (unpaired) electrons. The summed E-state index contributed by atoms with van der Waals surface area (Å²) in [5.41, 5.74) is 1.81. The normalized spacial score (nSPS) is 14.6. The number of carbonyl (C=O) groups is 1. The van der Waals surface area contributed by atoms with Gasteiger partial charge in [0.1, 0.15) is 11.6 Å². The van der Waals surface area contributed by atoms with Crippen LogP contribution in [0.25, 0.3) is 0 Å². The highest BCUT2D eigenvalue weighted by Crippen LogP contribution is 2.25. The van der Waals surface area contributed by atoms with Gasteiger partial charge in [0, 0.05) is 11.0 Å². The summed E-state index contributed by atoms with van der Waals surface area (Å²) in [6, 6.07) is 10.7. The topological polar surface area (TPSA) is 50.4 Å². The smallest absolute Gasteiger partial charge is 0.265 e. The Morgan fingerprint density at radius 3 is 3.00 bits per heavy atom. The second-order valence-electron chi connectivity index (χ2n) is 5.70. The molecule has 1 unspecified atom stereocenters. The molecule has 126 valence electrons. The summed E-state index contributed by atoms with van der Waals surface area (Å²) >= 11 is 3.35. The quantitative estimate of drug-likeness (QED) is 0.834. The van der Waals surface area contributed by atoms with Crippen LogP contribution in [0.1, 0.15) is 18.1 Å². The third-order valence-corrected chi connectivity index (χ3v) is 4.44. The largest absolute Gasteiger partial charge is 0.481 e.